The number of ether oxygens (including phenoxy) is 1. The molecule has 2 heterocycles. The molecular formula is C22H27N3O3. The molecule has 6 nitrogen and oxygen atoms in total. The van der Waals surface area contributed by atoms with Crippen molar-refractivity contribution in [1.29, 1.82) is 0 Å². The summed E-state index contributed by atoms with van der Waals surface area (Å²) >= 11 is 0. The lowest BCUT2D eigenvalue weighted by atomic mass is 9.49. The van der Waals surface area contributed by atoms with Crippen molar-refractivity contribution in [1.82, 2.24) is 14.7 Å². The first-order valence-corrected chi connectivity index (χ1v) is 10.5. The van der Waals surface area contributed by atoms with Crippen molar-refractivity contribution < 1.29 is 14.3 Å². The Morgan fingerprint density at radius 1 is 1.14 bits per heavy atom. The number of rotatable bonds is 6. The largest absolute Gasteiger partial charge is 0.459 e. The summed E-state index contributed by atoms with van der Waals surface area (Å²) in [6, 6.07) is 5.76. The third kappa shape index (κ3) is 3.29. The standard InChI is InChI=1S/C22H27N3O3/c26-20(28-14-18-13-25-6-2-1-3-19(25)24-18)4-5-23-21(27)22-10-15-7-16(11-22)9-17(8-15)12-22/h1-3,6,13,15-17H,4-5,7-12,14H2,(H,23,27). The summed E-state index contributed by atoms with van der Waals surface area (Å²) in [5.74, 6) is 2.09. The minimum atomic E-state index is -0.303. The Bertz CT molecular complexity index is 835. The maximum atomic E-state index is 12.9. The Morgan fingerprint density at radius 3 is 2.54 bits per heavy atom. The smallest absolute Gasteiger partial charge is 0.307 e. The van der Waals surface area contributed by atoms with Gasteiger partial charge in [-0.15, -0.1) is 0 Å². The van der Waals surface area contributed by atoms with E-state index in [9.17, 15) is 9.59 Å². The Kier molecular flexibility index (Phi) is 4.37. The number of aromatic nitrogens is 2. The summed E-state index contributed by atoms with van der Waals surface area (Å²) < 4.78 is 7.22. The number of fused-ring (bicyclic) bond motifs is 1. The van der Waals surface area contributed by atoms with E-state index in [1.807, 2.05) is 35.0 Å². The molecular weight excluding hydrogens is 354 g/mol. The monoisotopic (exact) mass is 381 g/mol. The summed E-state index contributed by atoms with van der Waals surface area (Å²) in [5.41, 5.74) is 1.39. The molecule has 0 saturated heterocycles. The number of nitrogens with one attached hydrogen (secondary N) is 1. The lowest BCUT2D eigenvalue weighted by Gasteiger charge is -2.55. The molecule has 28 heavy (non-hydrogen) atoms. The van der Waals surface area contributed by atoms with E-state index >= 15 is 0 Å². The summed E-state index contributed by atoms with van der Waals surface area (Å²) in [7, 11) is 0. The number of nitrogens with zero attached hydrogens (tertiary/aromatic N) is 2. The van der Waals surface area contributed by atoms with Crippen molar-refractivity contribution in [2.75, 3.05) is 6.54 Å². The number of carbonyl (C=O) groups is 2. The van der Waals surface area contributed by atoms with Crippen molar-refractivity contribution >= 4 is 17.5 Å². The number of pyridine rings is 1. The van der Waals surface area contributed by atoms with Crippen LogP contribution < -0.4 is 5.32 Å². The average molecular weight is 381 g/mol. The lowest BCUT2D eigenvalue weighted by molar-refractivity contribution is -0.147. The number of esters is 1. The molecule has 4 saturated carbocycles. The number of hydrogen-bond donors (Lipinski definition) is 1. The van der Waals surface area contributed by atoms with Gasteiger partial charge in [0.25, 0.3) is 0 Å². The van der Waals surface area contributed by atoms with Gasteiger partial charge in [-0.1, -0.05) is 6.07 Å². The van der Waals surface area contributed by atoms with Gasteiger partial charge in [-0.25, -0.2) is 4.98 Å². The molecule has 1 amide bonds. The van der Waals surface area contributed by atoms with Gasteiger partial charge in [-0.2, -0.15) is 0 Å². The number of amides is 1. The van der Waals surface area contributed by atoms with E-state index < -0.39 is 0 Å². The molecule has 1 N–H and O–H groups in total. The van der Waals surface area contributed by atoms with E-state index in [1.165, 1.54) is 19.3 Å². The van der Waals surface area contributed by atoms with E-state index in [1.54, 1.807) is 0 Å². The molecule has 6 heteroatoms. The van der Waals surface area contributed by atoms with E-state index in [4.69, 9.17) is 4.74 Å². The van der Waals surface area contributed by atoms with Gasteiger partial charge in [0.15, 0.2) is 0 Å². The van der Waals surface area contributed by atoms with Crippen LogP contribution in [0, 0.1) is 23.2 Å². The van der Waals surface area contributed by atoms with Crippen LogP contribution in [-0.4, -0.2) is 27.8 Å². The maximum Gasteiger partial charge on any atom is 0.307 e. The van der Waals surface area contributed by atoms with E-state index in [-0.39, 0.29) is 30.3 Å². The molecule has 148 valence electrons. The Labute approximate surface area is 164 Å². The number of carbonyl (C=O) groups excluding carboxylic acids is 2. The Hall–Kier alpha value is -2.37. The molecule has 2 aromatic rings. The predicted octanol–water partition coefficient (Wildman–Crippen LogP) is 3.10. The summed E-state index contributed by atoms with van der Waals surface area (Å²) in [6.07, 6.45) is 11.1. The zero-order valence-electron chi connectivity index (χ0n) is 16.1. The molecule has 0 spiro atoms. The summed E-state index contributed by atoms with van der Waals surface area (Å²) in [5, 5.41) is 3.03. The van der Waals surface area contributed by atoms with Gasteiger partial charge < -0.3 is 14.5 Å². The van der Waals surface area contributed by atoms with Crippen LogP contribution in [0.1, 0.15) is 50.6 Å². The summed E-state index contributed by atoms with van der Waals surface area (Å²) in [4.78, 5) is 29.3. The Balaban J connectivity index is 1.09. The fraction of sp³-hybridized carbons (Fsp3) is 0.591. The third-order valence-corrected chi connectivity index (χ3v) is 6.93. The zero-order chi connectivity index (χ0) is 19.1. The molecule has 4 bridgehead atoms. The van der Waals surface area contributed by atoms with Crippen LogP contribution in [0.25, 0.3) is 5.65 Å². The quantitative estimate of drug-likeness (QED) is 0.781. The predicted molar refractivity (Wildman–Crippen MR) is 103 cm³/mol. The molecule has 0 aromatic carbocycles. The second kappa shape index (κ2) is 6.90. The molecule has 6 rings (SSSR count). The van der Waals surface area contributed by atoms with Gasteiger partial charge in [0, 0.05) is 24.4 Å². The van der Waals surface area contributed by atoms with Crippen molar-refractivity contribution in [2.45, 2.75) is 51.6 Å². The first-order chi connectivity index (χ1) is 13.6. The molecule has 4 fully saturated rings. The average Bonchev–Trinajstić information content (AvgIpc) is 3.08. The first-order valence-electron chi connectivity index (χ1n) is 10.5. The highest BCUT2D eigenvalue weighted by molar-refractivity contribution is 5.83. The highest BCUT2D eigenvalue weighted by atomic mass is 16.5. The second-order valence-electron chi connectivity index (χ2n) is 9.06. The minimum Gasteiger partial charge on any atom is -0.459 e. The third-order valence-electron chi connectivity index (χ3n) is 6.93. The van der Waals surface area contributed by atoms with Crippen LogP contribution in [0.3, 0.4) is 0 Å². The topological polar surface area (TPSA) is 72.7 Å². The van der Waals surface area contributed by atoms with Crippen LogP contribution in [0.15, 0.2) is 30.6 Å². The van der Waals surface area contributed by atoms with Crippen LogP contribution in [0.4, 0.5) is 0 Å². The fourth-order valence-corrected chi connectivity index (χ4v) is 6.14. The van der Waals surface area contributed by atoms with Crippen LogP contribution in [0.5, 0.6) is 0 Å². The highest BCUT2D eigenvalue weighted by Crippen LogP contribution is 2.60. The molecule has 0 radical (unpaired) electrons. The van der Waals surface area contributed by atoms with E-state index in [0.717, 1.165) is 48.4 Å². The zero-order valence-corrected chi connectivity index (χ0v) is 16.1. The van der Waals surface area contributed by atoms with Gasteiger partial charge in [-0.05, 0) is 68.4 Å². The van der Waals surface area contributed by atoms with Crippen LogP contribution in [0.2, 0.25) is 0 Å². The number of imidazole rings is 1. The molecule has 0 unspecified atom stereocenters. The molecule has 0 aliphatic heterocycles. The van der Waals surface area contributed by atoms with Gasteiger partial charge in [-0.3, -0.25) is 9.59 Å². The van der Waals surface area contributed by atoms with Gasteiger partial charge in [0.05, 0.1) is 12.1 Å². The summed E-state index contributed by atoms with van der Waals surface area (Å²) in [6.45, 7) is 0.508. The molecule has 4 aliphatic rings. The SMILES string of the molecule is O=C(CCNC(=O)C12CC3CC(CC(C3)C1)C2)OCc1cn2ccccc2n1. The second-order valence-corrected chi connectivity index (χ2v) is 9.06. The molecule has 0 atom stereocenters. The molecule has 2 aromatic heterocycles. The van der Waals surface area contributed by atoms with Crippen molar-refractivity contribution in [3.8, 4) is 0 Å². The maximum absolute atomic E-state index is 12.9. The van der Waals surface area contributed by atoms with E-state index in [0.29, 0.717) is 6.54 Å². The first kappa shape index (κ1) is 17.7. The van der Waals surface area contributed by atoms with E-state index in [2.05, 4.69) is 10.3 Å². The Morgan fingerprint density at radius 2 is 1.86 bits per heavy atom. The fourth-order valence-electron chi connectivity index (χ4n) is 6.14. The van der Waals surface area contributed by atoms with Crippen molar-refractivity contribution in [3.63, 3.8) is 0 Å². The van der Waals surface area contributed by atoms with Crippen molar-refractivity contribution in [3.05, 3.63) is 36.3 Å². The van der Waals surface area contributed by atoms with Gasteiger partial charge >= 0.3 is 5.97 Å². The van der Waals surface area contributed by atoms with Crippen molar-refractivity contribution in [2.24, 2.45) is 23.2 Å². The van der Waals surface area contributed by atoms with Gasteiger partial charge in [0.1, 0.15) is 12.3 Å². The molecule has 4 aliphatic carbocycles. The van der Waals surface area contributed by atoms with Crippen LogP contribution >= 0.6 is 0 Å². The van der Waals surface area contributed by atoms with Crippen LogP contribution in [-0.2, 0) is 20.9 Å². The minimum absolute atomic E-state index is 0.156. The van der Waals surface area contributed by atoms with Gasteiger partial charge in [0.2, 0.25) is 5.91 Å². The normalized spacial score (nSPS) is 30.5. The number of hydrogen-bond acceptors (Lipinski definition) is 4. The highest BCUT2D eigenvalue weighted by Gasteiger charge is 2.54. The lowest BCUT2D eigenvalue weighted by Crippen LogP contribution is -2.53.